The number of hydrogen-bond acceptors (Lipinski definition) is 2. The molecule has 2 aromatic carbocycles. The Morgan fingerprint density at radius 2 is 0.833 bits per heavy atom. The van der Waals surface area contributed by atoms with Gasteiger partial charge in [0.25, 0.3) is 0 Å². The number of benzene rings is 2. The largest absolute Gasteiger partial charge is 0.446 e. The molecule has 24 heavy (non-hydrogen) atoms. The van der Waals surface area contributed by atoms with Crippen LogP contribution in [0.15, 0.2) is 58.3 Å². The summed E-state index contributed by atoms with van der Waals surface area (Å²) in [6.45, 7) is 0. The van der Waals surface area contributed by atoms with Gasteiger partial charge in [-0.15, -0.1) is 0 Å². The first-order valence-electron chi connectivity index (χ1n) is 6.80. The van der Waals surface area contributed by atoms with Gasteiger partial charge in [0, 0.05) is 9.79 Å². The summed E-state index contributed by atoms with van der Waals surface area (Å²) in [5.74, 6) is 0. The van der Waals surface area contributed by atoms with Crippen molar-refractivity contribution in [3.05, 3.63) is 59.7 Å². The van der Waals surface area contributed by atoms with Crippen LogP contribution in [0.25, 0.3) is 0 Å². The molecule has 0 saturated carbocycles. The monoisotopic (exact) mass is 382 g/mol. The van der Waals surface area contributed by atoms with E-state index >= 15 is 0 Å². The smallest absolute Gasteiger partial charge is 0.160 e. The zero-order chi connectivity index (χ0) is 17.8. The van der Waals surface area contributed by atoms with E-state index in [-0.39, 0.29) is 33.3 Å². The molecule has 0 radical (unpaired) electrons. The van der Waals surface area contributed by atoms with E-state index in [1.54, 1.807) is 24.3 Å². The minimum absolute atomic E-state index is 0.125. The lowest BCUT2D eigenvalue weighted by atomic mass is 10.0. The molecule has 0 saturated heterocycles. The highest BCUT2D eigenvalue weighted by atomic mass is 32.2. The van der Waals surface area contributed by atoms with Crippen LogP contribution in [0.1, 0.15) is 11.1 Å². The minimum atomic E-state index is -4.31. The summed E-state index contributed by atoms with van der Waals surface area (Å²) in [6.07, 6.45) is 1.20. The Labute approximate surface area is 143 Å². The molecule has 2 aromatic rings. The number of aryl methyl sites for hydroxylation is 2. The van der Waals surface area contributed by atoms with Gasteiger partial charge in [0.15, 0.2) is 0 Å². The van der Waals surface area contributed by atoms with Gasteiger partial charge < -0.3 is 0 Å². The molecular formula is C16H12F6S2. The van der Waals surface area contributed by atoms with E-state index in [1.165, 1.54) is 24.3 Å². The lowest BCUT2D eigenvalue weighted by Gasteiger charge is -2.08. The van der Waals surface area contributed by atoms with Crippen molar-refractivity contribution in [2.45, 2.75) is 33.6 Å². The van der Waals surface area contributed by atoms with Crippen LogP contribution in [0.3, 0.4) is 0 Å². The molecule has 0 heterocycles. The number of rotatable bonds is 5. The highest BCUT2D eigenvalue weighted by Crippen LogP contribution is 2.37. The van der Waals surface area contributed by atoms with Gasteiger partial charge >= 0.3 is 11.0 Å². The molecule has 0 aromatic heterocycles. The lowest BCUT2D eigenvalue weighted by Crippen LogP contribution is -1.99. The molecule has 0 unspecified atom stereocenters. The second kappa shape index (κ2) is 7.74. The number of thioether (sulfide) groups is 2. The Hall–Kier alpha value is -1.28. The van der Waals surface area contributed by atoms with E-state index < -0.39 is 11.0 Å². The van der Waals surface area contributed by atoms with Crippen LogP contribution in [0.5, 0.6) is 0 Å². The summed E-state index contributed by atoms with van der Waals surface area (Å²) in [5, 5.41) is 0. The van der Waals surface area contributed by atoms with Gasteiger partial charge in [-0.05, 0) is 71.8 Å². The summed E-state index contributed by atoms with van der Waals surface area (Å²) in [6, 6.07) is 12.2. The normalized spacial score (nSPS) is 12.4. The fraction of sp³-hybridized carbons (Fsp3) is 0.250. The highest BCUT2D eigenvalue weighted by molar-refractivity contribution is 8.00. The van der Waals surface area contributed by atoms with Gasteiger partial charge in [0.1, 0.15) is 0 Å². The lowest BCUT2D eigenvalue weighted by molar-refractivity contribution is -0.0337. The van der Waals surface area contributed by atoms with Crippen LogP contribution < -0.4 is 0 Å². The topological polar surface area (TPSA) is 0 Å². The van der Waals surface area contributed by atoms with Crippen LogP contribution in [0, 0.1) is 0 Å². The van der Waals surface area contributed by atoms with Crippen molar-refractivity contribution >= 4 is 23.5 Å². The number of alkyl halides is 6. The first kappa shape index (κ1) is 19.1. The number of hydrogen-bond donors (Lipinski definition) is 0. The molecule has 0 fully saturated rings. The zero-order valence-corrected chi connectivity index (χ0v) is 13.8. The Kier molecular flexibility index (Phi) is 6.14. The second-order valence-corrected chi connectivity index (χ2v) is 7.16. The Bertz CT molecular complexity index is 585. The second-order valence-electron chi connectivity index (χ2n) is 4.88. The van der Waals surface area contributed by atoms with Crippen molar-refractivity contribution in [2.75, 3.05) is 0 Å². The van der Waals surface area contributed by atoms with E-state index in [0.717, 1.165) is 11.1 Å². The summed E-state index contributed by atoms with van der Waals surface area (Å²) in [7, 11) is 0. The Morgan fingerprint density at radius 3 is 1.08 bits per heavy atom. The van der Waals surface area contributed by atoms with Crippen molar-refractivity contribution in [3.63, 3.8) is 0 Å². The molecule has 2 rings (SSSR count). The predicted molar refractivity (Wildman–Crippen MR) is 84.1 cm³/mol. The van der Waals surface area contributed by atoms with Crippen molar-refractivity contribution in [1.29, 1.82) is 0 Å². The zero-order valence-electron chi connectivity index (χ0n) is 12.1. The highest BCUT2D eigenvalue weighted by Gasteiger charge is 2.29. The van der Waals surface area contributed by atoms with Crippen molar-refractivity contribution in [2.24, 2.45) is 0 Å². The van der Waals surface area contributed by atoms with Crippen LogP contribution >= 0.6 is 23.5 Å². The SMILES string of the molecule is FC(F)(F)Sc1ccc(CCc2ccc(SC(F)(F)F)cc2)cc1. The number of halogens is 6. The molecule has 0 aliphatic heterocycles. The van der Waals surface area contributed by atoms with E-state index in [4.69, 9.17) is 0 Å². The standard InChI is InChI=1S/C16H12F6S2/c17-15(18,19)23-13-7-3-11(4-8-13)1-2-12-5-9-14(10-6-12)24-16(20,21)22/h3-10H,1-2H2. The van der Waals surface area contributed by atoms with Crippen LogP contribution in [0.2, 0.25) is 0 Å². The fourth-order valence-corrected chi connectivity index (χ4v) is 3.08. The first-order valence-corrected chi connectivity index (χ1v) is 8.43. The van der Waals surface area contributed by atoms with Crippen molar-refractivity contribution < 1.29 is 26.3 Å². The van der Waals surface area contributed by atoms with Gasteiger partial charge in [-0.3, -0.25) is 0 Å². The third kappa shape index (κ3) is 7.09. The maximum absolute atomic E-state index is 12.2. The Morgan fingerprint density at radius 1 is 0.542 bits per heavy atom. The first-order chi connectivity index (χ1) is 11.1. The summed E-state index contributed by atoms with van der Waals surface area (Å²) >= 11 is -0.329. The van der Waals surface area contributed by atoms with Crippen LogP contribution in [0.4, 0.5) is 26.3 Å². The summed E-state index contributed by atoms with van der Waals surface area (Å²) < 4.78 is 73.4. The van der Waals surface area contributed by atoms with E-state index in [1.807, 2.05) is 0 Å². The van der Waals surface area contributed by atoms with E-state index in [2.05, 4.69) is 0 Å². The van der Waals surface area contributed by atoms with Crippen molar-refractivity contribution in [1.82, 2.24) is 0 Å². The van der Waals surface area contributed by atoms with Crippen LogP contribution in [-0.2, 0) is 12.8 Å². The molecule has 0 amide bonds. The van der Waals surface area contributed by atoms with Gasteiger partial charge in [0.05, 0.1) is 0 Å². The molecule has 0 N–H and O–H groups in total. The molecule has 8 heteroatoms. The average Bonchev–Trinajstić information content (AvgIpc) is 2.45. The summed E-state index contributed by atoms with van der Waals surface area (Å²) in [4.78, 5) is 0.250. The van der Waals surface area contributed by atoms with E-state index in [0.29, 0.717) is 12.8 Å². The molecule has 0 nitrogen and oxygen atoms in total. The molecule has 0 bridgehead atoms. The van der Waals surface area contributed by atoms with Crippen LogP contribution in [-0.4, -0.2) is 11.0 Å². The quantitative estimate of drug-likeness (QED) is 0.417. The molecule has 0 aliphatic rings. The van der Waals surface area contributed by atoms with Gasteiger partial charge in [-0.2, -0.15) is 26.3 Å². The van der Waals surface area contributed by atoms with Crippen molar-refractivity contribution in [3.8, 4) is 0 Å². The molecule has 0 atom stereocenters. The van der Waals surface area contributed by atoms with Gasteiger partial charge in [-0.1, -0.05) is 24.3 Å². The summed E-state index contributed by atoms with van der Waals surface area (Å²) in [5.41, 5.74) is -6.87. The third-order valence-corrected chi connectivity index (χ3v) is 4.49. The minimum Gasteiger partial charge on any atom is -0.160 e. The molecule has 0 aliphatic carbocycles. The predicted octanol–water partition coefficient (Wildman–Crippen LogP) is 6.70. The molecular weight excluding hydrogens is 370 g/mol. The maximum atomic E-state index is 12.2. The molecule has 0 spiro atoms. The average molecular weight is 382 g/mol. The van der Waals surface area contributed by atoms with Gasteiger partial charge in [0.2, 0.25) is 0 Å². The maximum Gasteiger partial charge on any atom is 0.446 e. The molecule has 130 valence electrons. The Balaban J connectivity index is 1.89. The third-order valence-electron chi connectivity index (χ3n) is 3.02. The van der Waals surface area contributed by atoms with E-state index in [9.17, 15) is 26.3 Å². The fourth-order valence-electron chi connectivity index (χ4n) is 2.00. The van der Waals surface area contributed by atoms with Gasteiger partial charge in [-0.25, -0.2) is 0 Å².